The van der Waals surface area contributed by atoms with E-state index in [1.807, 2.05) is 6.92 Å². The Hall–Kier alpha value is 0.210. The van der Waals surface area contributed by atoms with Crippen LogP contribution in [0.25, 0.3) is 0 Å². The third kappa shape index (κ3) is 2.61. The molecular weight excluding hydrogens is 174 g/mol. The summed E-state index contributed by atoms with van der Waals surface area (Å²) in [6, 6.07) is 0. The van der Waals surface area contributed by atoms with Crippen molar-refractivity contribution in [3.05, 3.63) is 0 Å². The van der Waals surface area contributed by atoms with E-state index in [4.69, 9.17) is 11.6 Å². The van der Waals surface area contributed by atoms with E-state index in [0.29, 0.717) is 5.92 Å². The third-order valence-electron chi connectivity index (χ3n) is 2.72. The lowest BCUT2D eigenvalue weighted by atomic mass is 9.90. The van der Waals surface area contributed by atoms with E-state index in [1.165, 1.54) is 0 Å². The molecule has 1 aliphatic rings. The molecule has 0 saturated carbocycles. The van der Waals surface area contributed by atoms with Crippen LogP contribution >= 0.6 is 11.6 Å². The van der Waals surface area contributed by atoms with Crippen molar-refractivity contribution < 1.29 is 5.11 Å². The number of hydrogen-bond donors (Lipinski definition) is 1. The van der Waals surface area contributed by atoms with Crippen molar-refractivity contribution in [3.63, 3.8) is 0 Å². The molecule has 0 aromatic heterocycles. The Bertz CT molecular complexity index is 132. The fourth-order valence-electron chi connectivity index (χ4n) is 1.75. The normalized spacial score (nSPS) is 27.0. The fraction of sp³-hybridized carbons (Fsp3) is 1.00. The molecule has 1 fully saturated rings. The van der Waals surface area contributed by atoms with Gasteiger partial charge in [0.25, 0.3) is 0 Å². The molecule has 2 unspecified atom stereocenters. The Kier molecular flexibility index (Phi) is 3.81. The Morgan fingerprint density at radius 1 is 1.42 bits per heavy atom. The SMILES string of the molecule is CC(Cl)C(O)C1CCN(C)CC1. The van der Waals surface area contributed by atoms with E-state index in [0.717, 1.165) is 25.9 Å². The van der Waals surface area contributed by atoms with E-state index < -0.39 is 0 Å². The lowest BCUT2D eigenvalue weighted by Crippen LogP contribution is -2.38. The molecule has 2 nitrogen and oxygen atoms in total. The molecule has 0 aromatic rings. The molecule has 0 radical (unpaired) electrons. The van der Waals surface area contributed by atoms with Crippen LogP contribution in [0.1, 0.15) is 19.8 Å². The van der Waals surface area contributed by atoms with Gasteiger partial charge in [0.15, 0.2) is 0 Å². The van der Waals surface area contributed by atoms with E-state index in [2.05, 4.69) is 11.9 Å². The Morgan fingerprint density at radius 3 is 2.33 bits per heavy atom. The Balaban J connectivity index is 2.34. The van der Waals surface area contributed by atoms with Gasteiger partial charge in [0.1, 0.15) is 0 Å². The van der Waals surface area contributed by atoms with Crippen molar-refractivity contribution in [3.8, 4) is 0 Å². The number of likely N-dealkylation sites (tertiary alicyclic amines) is 1. The molecule has 12 heavy (non-hydrogen) atoms. The second-order valence-electron chi connectivity index (χ2n) is 3.81. The quantitative estimate of drug-likeness (QED) is 0.666. The minimum atomic E-state index is -0.319. The zero-order valence-electron chi connectivity index (χ0n) is 7.83. The van der Waals surface area contributed by atoms with Gasteiger partial charge in [0.2, 0.25) is 0 Å². The molecule has 72 valence electrons. The molecule has 0 bridgehead atoms. The first-order chi connectivity index (χ1) is 5.61. The standard InChI is InChI=1S/C9H18ClNO/c1-7(10)9(12)8-3-5-11(2)6-4-8/h7-9,12H,3-6H2,1-2H3. The smallest absolute Gasteiger partial charge is 0.0730 e. The van der Waals surface area contributed by atoms with Crippen LogP contribution in [0, 0.1) is 5.92 Å². The fourth-order valence-corrected chi connectivity index (χ4v) is 1.95. The van der Waals surface area contributed by atoms with Gasteiger partial charge < -0.3 is 10.0 Å². The third-order valence-corrected chi connectivity index (χ3v) is 2.97. The molecule has 1 saturated heterocycles. The number of rotatable bonds is 2. The summed E-state index contributed by atoms with van der Waals surface area (Å²) < 4.78 is 0. The summed E-state index contributed by atoms with van der Waals surface area (Å²) in [5, 5.41) is 9.57. The molecule has 2 atom stereocenters. The van der Waals surface area contributed by atoms with Gasteiger partial charge in [-0.05, 0) is 45.8 Å². The van der Waals surface area contributed by atoms with Crippen molar-refractivity contribution in [2.24, 2.45) is 5.92 Å². The van der Waals surface area contributed by atoms with Gasteiger partial charge in [-0.25, -0.2) is 0 Å². The second-order valence-corrected chi connectivity index (χ2v) is 4.50. The minimum absolute atomic E-state index is 0.113. The molecule has 0 amide bonds. The number of nitrogens with zero attached hydrogens (tertiary/aromatic N) is 1. The summed E-state index contributed by atoms with van der Waals surface area (Å²) in [6.45, 7) is 4.04. The summed E-state index contributed by atoms with van der Waals surface area (Å²) >= 11 is 5.83. The summed E-state index contributed by atoms with van der Waals surface area (Å²) in [5.74, 6) is 0.411. The molecule has 0 spiro atoms. The van der Waals surface area contributed by atoms with Crippen molar-refractivity contribution in [1.29, 1.82) is 0 Å². The van der Waals surface area contributed by atoms with Crippen molar-refractivity contribution >= 4 is 11.6 Å². The van der Waals surface area contributed by atoms with Gasteiger partial charge in [-0.15, -0.1) is 11.6 Å². The highest BCUT2D eigenvalue weighted by Gasteiger charge is 2.26. The van der Waals surface area contributed by atoms with Crippen LogP contribution in [-0.4, -0.2) is 41.6 Å². The Morgan fingerprint density at radius 2 is 1.92 bits per heavy atom. The molecule has 3 heteroatoms. The van der Waals surface area contributed by atoms with E-state index >= 15 is 0 Å². The number of piperidine rings is 1. The summed E-state index contributed by atoms with van der Waals surface area (Å²) in [4.78, 5) is 2.29. The monoisotopic (exact) mass is 191 g/mol. The molecular formula is C9H18ClNO. The molecule has 0 aromatic carbocycles. The zero-order valence-corrected chi connectivity index (χ0v) is 8.59. The van der Waals surface area contributed by atoms with Gasteiger partial charge in [0, 0.05) is 0 Å². The van der Waals surface area contributed by atoms with Crippen LogP contribution in [-0.2, 0) is 0 Å². The van der Waals surface area contributed by atoms with Crippen LogP contribution in [0.4, 0.5) is 0 Å². The molecule has 1 N–H and O–H groups in total. The van der Waals surface area contributed by atoms with Crippen molar-refractivity contribution in [2.45, 2.75) is 31.2 Å². The summed E-state index contributed by atoms with van der Waals surface area (Å²) in [5.41, 5.74) is 0. The first-order valence-electron chi connectivity index (χ1n) is 4.62. The first kappa shape index (κ1) is 10.3. The van der Waals surface area contributed by atoms with Gasteiger partial charge in [0.05, 0.1) is 11.5 Å². The molecule has 1 rings (SSSR count). The number of halogens is 1. The minimum Gasteiger partial charge on any atom is -0.391 e. The van der Waals surface area contributed by atoms with Gasteiger partial charge in [-0.2, -0.15) is 0 Å². The predicted octanol–water partition coefficient (Wildman–Crippen LogP) is 1.32. The van der Waals surface area contributed by atoms with Crippen molar-refractivity contribution in [1.82, 2.24) is 4.90 Å². The Labute approximate surface area is 79.5 Å². The zero-order chi connectivity index (χ0) is 9.14. The number of hydrogen-bond acceptors (Lipinski definition) is 2. The summed E-state index contributed by atoms with van der Waals surface area (Å²) in [6.07, 6.45) is 1.84. The average Bonchev–Trinajstić information content (AvgIpc) is 2.04. The van der Waals surface area contributed by atoms with Crippen molar-refractivity contribution in [2.75, 3.05) is 20.1 Å². The maximum atomic E-state index is 9.69. The van der Waals surface area contributed by atoms with Gasteiger partial charge in [-0.3, -0.25) is 0 Å². The van der Waals surface area contributed by atoms with E-state index in [9.17, 15) is 5.11 Å². The van der Waals surface area contributed by atoms with E-state index in [-0.39, 0.29) is 11.5 Å². The summed E-state index contributed by atoms with van der Waals surface area (Å²) in [7, 11) is 2.12. The lowest BCUT2D eigenvalue weighted by molar-refractivity contribution is 0.0661. The highest BCUT2D eigenvalue weighted by molar-refractivity contribution is 6.20. The number of alkyl halides is 1. The maximum Gasteiger partial charge on any atom is 0.0730 e. The van der Waals surface area contributed by atoms with Gasteiger partial charge >= 0.3 is 0 Å². The van der Waals surface area contributed by atoms with Gasteiger partial charge in [-0.1, -0.05) is 0 Å². The molecule has 0 aliphatic carbocycles. The van der Waals surface area contributed by atoms with Crippen LogP contribution in [0.5, 0.6) is 0 Å². The highest BCUT2D eigenvalue weighted by atomic mass is 35.5. The largest absolute Gasteiger partial charge is 0.391 e. The van der Waals surface area contributed by atoms with Crippen LogP contribution in [0.2, 0.25) is 0 Å². The highest BCUT2D eigenvalue weighted by Crippen LogP contribution is 2.23. The van der Waals surface area contributed by atoms with Crippen LogP contribution in [0.3, 0.4) is 0 Å². The van der Waals surface area contributed by atoms with Crippen LogP contribution in [0.15, 0.2) is 0 Å². The van der Waals surface area contributed by atoms with E-state index in [1.54, 1.807) is 0 Å². The average molecular weight is 192 g/mol. The topological polar surface area (TPSA) is 23.5 Å². The molecule has 1 heterocycles. The maximum absolute atomic E-state index is 9.69. The molecule has 1 aliphatic heterocycles. The first-order valence-corrected chi connectivity index (χ1v) is 5.05. The predicted molar refractivity (Wildman–Crippen MR) is 51.5 cm³/mol. The number of aliphatic hydroxyl groups excluding tert-OH is 1. The lowest BCUT2D eigenvalue weighted by Gasteiger charge is -2.32. The van der Waals surface area contributed by atoms with Crippen LogP contribution < -0.4 is 0 Å². The second kappa shape index (κ2) is 4.45. The number of aliphatic hydroxyl groups is 1.